The number of rotatable bonds is 5. The summed E-state index contributed by atoms with van der Waals surface area (Å²) in [6, 6.07) is 7.25. The molecule has 0 radical (unpaired) electrons. The lowest BCUT2D eigenvalue weighted by Gasteiger charge is -2.07. The van der Waals surface area contributed by atoms with Crippen LogP contribution < -0.4 is 14.8 Å². The molecule has 0 aliphatic heterocycles. The third-order valence-corrected chi connectivity index (χ3v) is 3.15. The maximum atomic E-state index is 12.0. The summed E-state index contributed by atoms with van der Waals surface area (Å²) in [5.74, 6) is 1.24. The summed E-state index contributed by atoms with van der Waals surface area (Å²) in [6.45, 7) is 0. The number of hydrogen-bond acceptors (Lipinski definition) is 5. The smallest absolute Gasteiger partial charge is 0.249 e. The van der Waals surface area contributed by atoms with E-state index in [1.165, 1.54) is 17.0 Å². The van der Waals surface area contributed by atoms with Crippen molar-refractivity contribution < 1.29 is 14.3 Å². The van der Waals surface area contributed by atoms with Crippen LogP contribution in [-0.4, -0.2) is 29.9 Å². The van der Waals surface area contributed by atoms with Gasteiger partial charge in [-0.2, -0.15) is 10.4 Å². The van der Waals surface area contributed by atoms with Crippen molar-refractivity contribution in [2.75, 3.05) is 19.5 Å². The van der Waals surface area contributed by atoms with Gasteiger partial charge in [0, 0.05) is 18.7 Å². The Bertz CT molecular complexity index is 787. The van der Waals surface area contributed by atoms with Crippen molar-refractivity contribution in [1.29, 1.82) is 5.26 Å². The summed E-state index contributed by atoms with van der Waals surface area (Å²) >= 11 is 0. The van der Waals surface area contributed by atoms with E-state index in [2.05, 4.69) is 10.4 Å². The molecular formula is C16H16N4O3. The van der Waals surface area contributed by atoms with E-state index in [9.17, 15) is 4.79 Å². The monoisotopic (exact) mass is 312 g/mol. The van der Waals surface area contributed by atoms with E-state index in [1.807, 2.05) is 6.07 Å². The number of hydrogen-bond donors (Lipinski definition) is 1. The summed E-state index contributed by atoms with van der Waals surface area (Å²) in [4.78, 5) is 12.0. The molecule has 1 heterocycles. The van der Waals surface area contributed by atoms with Gasteiger partial charge < -0.3 is 14.8 Å². The number of carbonyl (C=O) groups is 1. The lowest BCUT2D eigenvalue weighted by Crippen LogP contribution is -2.12. The molecular weight excluding hydrogens is 296 g/mol. The lowest BCUT2D eigenvalue weighted by molar-refractivity contribution is -0.111. The number of nitriles is 1. The van der Waals surface area contributed by atoms with Crippen molar-refractivity contribution in [1.82, 2.24) is 9.78 Å². The molecule has 0 bridgehead atoms. The fourth-order valence-electron chi connectivity index (χ4n) is 1.96. The molecule has 1 amide bonds. The minimum atomic E-state index is -0.380. The lowest BCUT2D eigenvalue weighted by atomic mass is 10.1. The molecule has 0 saturated carbocycles. The molecule has 23 heavy (non-hydrogen) atoms. The number of nitrogens with zero attached hydrogens (tertiary/aromatic N) is 3. The van der Waals surface area contributed by atoms with Crippen LogP contribution in [0.3, 0.4) is 0 Å². The van der Waals surface area contributed by atoms with Crippen LogP contribution in [0.25, 0.3) is 6.08 Å². The van der Waals surface area contributed by atoms with Gasteiger partial charge in [0.2, 0.25) is 5.91 Å². The molecule has 7 nitrogen and oxygen atoms in total. The SMILES string of the molecule is COc1ccc(OC)c(/C=C/C(=O)Nc2c(C#N)cnn2C)c1. The van der Waals surface area contributed by atoms with Crippen molar-refractivity contribution >= 4 is 17.8 Å². The third-order valence-electron chi connectivity index (χ3n) is 3.15. The molecule has 1 aromatic heterocycles. The highest BCUT2D eigenvalue weighted by Crippen LogP contribution is 2.25. The first-order valence-electron chi connectivity index (χ1n) is 6.72. The average molecular weight is 312 g/mol. The molecule has 0 aliphatic rings. The predicted octanol–water partition coefficient (Wildman–Crippen LogP) is 1.96. The summed E-state index contributed by atoms with van der Waals surface area (Å²) in [5, 5.41) is 15.5. The van der Waals surface area contributed by atoms with Gasteiger partial charge in [-0.05, 0) is 24.3 Å². The highest BCUT2D eigenvalue weighted by Gasteiger charge is 2.10. The van der Waals surface area contributed by atoms with Gasteiger partial charge in [-0.15, -0.1) is 0 Å². The summed E-state index contributed by atoms with van der Waals surface area (Å²) < 4.78 is 11.8. The molecule has 0 saturated heterocycles. The van der Waals surface area contributed by atoms with Crippen molar-refractivity contribution in [3.63, 3.8) is 0 Å². The number of carbonyl (C=O) groups excluding carboxylic acids is 1. The average Bonchev–Trinajstić information content (AvgIpc) is 2.92. The molecule has 1 aromatic carbocycles. The molecule has 7 heteroatoms. The molecule has 1 N–H and O–H groups in total. The van der Waals surface area contributed by atoms with Crippen LogP contribution in [0.4, 0.5) is 5.82 Å². The van der Waals surface area contributed by atoms with Crippen LogP contribution in [0.2, 0.25) is 0 Å². The van der Waals surface area contributed by atoms with E-state index in [0.717, 1.165) is 0 Å². The van der Waals surface area contributed by atoms with Crippen LogP contribution in [0, 0.1) is 11.3 Å². The number of benzene rings is 1. The van der Waals surface area contributed by atoms with Crippen LogP contribution in [0.15, 0.2) is 30.5 Å². The van der Waals surface area contributed by atoms with Gasteiger partial charge >= 0.3 is 0 Å². The zero-order valence-electron chi connectivity index (χ0n) is 13.0. The van der Waals surface area contributed by atoms with Gasteiger partial charge in [0.15, 0.2) is 0 Å². The van der Waals surface area contributed by atoms with Crippen molar-refractivity contribution in [3.05, 3.63) is 41.6 Å². The van der Waals surface area contributed by atoms with E-state index in [0.29, 0.717) is 28.4 Å². The number of amides is 1. The number of nitrogens with one attached hydrogen (secondary N) is 1. The van der Waals surface area contributed by atoms with Gasteiger partial charge in [0.1, 0.15) is 28.9 Å². The second kappa shape index (κ2) is 7.13. The van der Waals surface area contributed by atoms with E-state index in [-0.39, 0.29) is 5.91 Å². The Kier molecular flexibility index (Phi) is 5.00. The van der Waals surface area contributed by atoms with Crippen molar-refractivity contribution in [2.45, 2.75) is 0 Å². The summed E-state index contributed by atoms with van der Waals surface area (Å²) in [5.41, 5.74) is 1.00. The zero-order valence-corrected chi connectivity index (χ0v) is 13.0. The van der Waals surface area contributed by atoms with Crippen LogP contribution >= 0.6 is 0 Å². The highest BCUT2D eigenvalue weighted by atomic mass is 16.5. The number of aromatic nitrogens is 2. The zero-order chi connectivity index (χ0) is 16.8. The fraction of sp³-hybridized carbons (Fsp3) is 0.188. The van der Waals surface area contributed by atoms with Gasteiger partial charge in [-0.25, -0.2) is 0 Å². The van der Waals surface area contributed by atoms with Crippen molar-refractivity contribution in [3.8, 4) is 17.6 Å². The maximum absolute atomic E-state index is 12.0. The second-order valence-electron chi connectivity index (χ2n) is 4.57. The van der Waals surface area contributed by atoms with Gasteiger partial charge in [0.05, 0.1) is 20.4 Å². The number of anilines is 1. The van der Waals surface area contributed by atoms with E-state index >= 15 is 0 Å². The Balaban J connectivity index is 2.18. The standard InChI is InChI=1S/C16H16N4O3/c1-20-16(12(9-17)10-18-20)19-15(21)7-4-11-8-13(22-2)5-6-14(11)23-3/h4-8,10H,1-3H3,(H,19,21)/b7-4+. The minimum absolute atomic E-state index is 0.299. The first kappa shape index (κ1) is 16.1. The number of methoxy groups -OCH3 is 2. The molecule has 0 spiro atoms. The van der Waals surface area contributed by atoms with Crippen LogP contribution in [-0.2, 0) is 11.8 Å². The highest BCUT2D eigenvalue weighted by molar-refractivity contribution is 6.02. The van der Waals surface area contributed by atoms with Gasteiger partial charge in [-0.3, -0.25) is 9.48 Å². The maximum Gasteiger partial charge on any atom is 0.249 e. The van der Waals surface area contributed by atoms with Crippen molar-refractivity contribution in [2.24, 2.45) is 7.05 Å². The number of ether oxygens (including phenoxy) is 2. The molecule has 2 aromatic rings. The second-order valence-corrected chi connectivity index (χ2v) is 4.57. The Morgan fingerprint density at radius 2 is 2.17 bits per heavy atom. The topological polar surface area (TPSA) is 89.2 Å². The van der Waals surface area contributed by atoms with Gasteiger partial charge in [-0.1, -0.05) is 0 Å². The largest absolute Gasteiger partial charge is 0.497 e. The van der Waals surface area contributed by atoms with Gasteiger partial charge in [0.25, 0.3) is 0 Å². The molecule has 118 valence electrons. The van der Waals surface area contributed by atoms with Crippen LogP contribution in [0.5, 0.6) is 11.5 Å². The third kappa shape index (κ3) is 3.68. The summed E-state index contributed by atoms with van der Waals surface area (Å²) in [6.07, 6.45) is 4.36. The first-order valence-corrected chi connectivity index (χ1v) is 6.72. The van der Waals surface area contributed by atoms with E-state index in [1.54, 1.807) is 45.5 Å². The molecule has 2 rings (SSSR count). The molecule has 0 unspecified atom stereocenters. The Morgan fingerprint density at radius 1 is 1.39 bits per heavy atom. The fourth-order valence-corrected chi connectivity index (χ4v) is 1.96. The molecule has 0 atom stereocenters. The normalized spacial score (nSPS) is 10.3. The number of aryl methyl sites for hydroxylation is 1. The molecule has 0 aliphatic carbocycles. The van der Waals surface area contributed by atoms with E-state index in [4.69, 9.17) is 14.7 Å². The Morgan fingerprint density at radius 3 is 2.83 bits per heavy atom. The quantitative estimate of drug-likeness (QED) is 0.852. The van der Waals surface area contributed by atoms with E-state index < -0.39 is 0 Å². The molecule has 0 fully saturated rings. The Hall–Kier alpha value is -3.27. The minimum Gasteiger partial charge on any atom is -0.497 e. The predicted molar refractivity (Wildman–Crippen MR) is 85.1 cm³/mol. The first-order chi connectivity index (χ1) is 11.1. The van der Waals surface area contributed by atoms with Crippen LogP contribution in [0.1, 0.15) is 11.1 Å². The Labute approximate surface area is 133 Å². The summed E-state index contributed by atoms with van der Waals surface area (Å²) in [7, 11) is 4.76.